The molecular weight excluding hydrogens is 252 g/mol. The molecule has 4 nitrogen and oxygen atoms in total. The summed E-state index contributed by atoms with van der Waals surface area (Å²) in [6.45, 7) is 7.58. The van der Waals surface area contributed by atoms with Gasteiger partial charge in [-0.2, -0.15) is 0 Å². The van der Waals surface area contributed by atoms with Crippen LogP contribution in [0.15, 0.2) is 12.1 Å². The maximum atomic E-state index is 5.90. The van der Waals surface area contributed by atoms with Crippen LogP contribution >= 0.6 is 0 Å². The van der Waals surface area contributed by atoms with Crippen molar-refractivity contribution in [2.45, 2.75) is 58.2 Å². The zero-order valence-corrected chi connectivity index (χ0v) is 13.0. The van der Waals surface area contributed by atoms with E-state index in [-0.39, 0.29) is 5.60 Å². The van der Waals surface area contributed by atoms with Crippen LogP contribution in [-0.4, -0.2) is 30.3 Å². The Balaban J connectivity index is 1.91. The molecule has 1 aromatic rings. The lowest BCUT2D eigenvalue weighted by Crippen LogP contribution is -2.25. The molecule has 112 valence electrons. The van der Waals surface area contributed by atoms with E-state index in [1.165, 1.54) is 12.8 Å². The minimum Gasteiger partial charge on any atom is -0.492 e. The fourth-order valence-electron chi connectivity index (χ4n) is 1.89. The standard InChI is InChI=1S/C16H26N2O2/c1-12-5-8-15(20-10-9-16(2,3)19-4)14(18-12)11-17-13-6-7-13/h5,8,13,17H,6-7,9-11H2,1-4H3. The molecular formula is C16H26N2O2. The Morgan fingerprint density at radius 1 is 1.35 bits per heavy atom. The lowest BCUT2D eigenvalue weighted by Gasteiger charge is -2.23. The number of methoxy groups -OCH3 is 1. The maximum Gasteiger partial charge on any atom is 0.142 e. The second kappa shape index (κ2) is 6.55. The molecule has 0 aromatic carbocycles. The summed E-state index contributed by atoms with van der Waals surface area (Å²) in [5, 5.41) is 3.49. The van der Waals surface area contributed by atoms with Crippen molar-refractivity contribution in [3.8, 4) is 5.75 Å². The second-order valence-electron chi connectivity index (χ2n) is 6.11. The normalized spacial score (nSPS) is 15.4. The van der Waals surface area contributed by atoms with Crippen LogP contribution in [0.1, 0.15) is 44.5 Å². The fraction of sp³-hybridized carbons (Fsp3) is 0.688. The summed E-state index contributed by atoms with van der Waals surface area (Å²) < 4.78 is 11.3. The lowest BCUT2D eigenvalue weighted by molar-refractivity contribution is 0.00533. The van der Waals surface area contributed by atoms with E-state index in [0.29, 0.717) is 12.6 Å². The molecule has 0 bridgehead atoms. The van der Waals surface area contributed by atoms with Gasteiger partial charge in [-0.15, -0.1) is 0 Å². The first-order valence-corrected chi connectivity index (χ1v) is 7.38. The van der Waals surface area contributed by atoms with Crippen molar-refractivity contribution >= 4 is 0 Å². The van der Waals surface area contributed by atoms with Gasteiger partial charge < -0.3 is 14.8 Å². The molecule has 0 spiro atoms. The molecule has 0 amide bonds. The molecule has 0 aliphatic heterocycles. The molecule has 0 atom stereocenters. The predicted octanol–water partition coefficient (Wildman–Crippen LogP) is 2.84. The number of hydrogen-bond donors (Lipinski definition) is 1. The molecule has 1 heterocycles. The molecule has 1 N–H and O–H groups in total. The summed E-state index contributed by atoms with van der Waals surface area (Å²) in [7, 11) is 1.73. The van der Waals surface area contributed by atoms with Gasteiger partial charge in [-0.1, -0.05) is 0 Å². The van der Waals surface area contributed by atoms with E-state index in [0.717, 1.165) is 30.1 Å². The number of nitrogens with zero attached hydrogens (tertiary/aromatic N) is 1. The Bertz CT molecular complexity index is 442. The monoisotopic (exact) mass is 278 g/mol. The Morgan fingerprint density at radius 2 is 2.10 bits per heavy atom. The van der Waals surface area contributed by atoms with Crippen LogP contribution in [0, 0.1) is 6.92 Å². The first-order chi connectivity index (χ1) is 9.50. The van der Waals surface area contributed by atoms with Crippen LogP contribution < -0.4 is 10.1 Å². The van der Waals surface area contributed by atoms with Crippen LogP contribution in [0.25, 0.3) is 0 Å². The number of aryl methyl sites for hydroxylation is 1. The van der Waals surface area contributed by atoms with Crippen LogP contribution in [0.4, 0.5) is 0 Å². The molecule has 1 fully saturated rings. The number of pyridine rings is 1. The zero-order chi connectivity index (χ0) is 14.6. The van der Waals surface area contributed by atoms with E-state index in [1.54, 1.807) is 7.11 Å². The third kappa shape index (κ3) is 4.76. The Hall–Kier alpha value is -1.13. The molecule has 1 aromatic heterocycles. The van der Waals surface area contributed by atoms with Gasteiger partial charge in [0.25, 0.3) is 0 Å². The van der Waals surface area contributed by atoms with E-state index >= 15 is 0 Å². The van der Waals surface area contributed by atoms with Crippen molar-refractivity contribution in [3.05, 3.63) is 23.5 Å². The van der Waals surface area contributed by atoms with Gasteiger partial charge in [0.15, 0.2) is 0 Å². The van der Waals surface area contributed by atoms with Crippen LogP contribution in [-0.2, 0) is 11.3 Å². The molecule has 0 radical (unpaired) electrons. The SMILES string of the molecule is COC(C)(C)CCOc1ccc(C)nc1CNC1CC1. The van der Waals surface area contributed by atoms with Crippen molar-refractivity contribution in [2.24, 2.45) is 0 Å². The molecule has 4 heteroatoms. The minimum atomic E-state index is -0.148. The highest BCUT2D eigenvalue weighted by atomic mass is 16.5. The van der Waals surface area contributed by atoms with Gasteiger partial charge in [0.05, 0.1) is 17.9 Å². The van der Waals surface area contributed by atoms with E-state index < -0.39 is 0 Å². The number of aromatic nitrogens is 1. The van der Waals surface area contributed by atoms with Crippen molar-refractivity contribution in [1.82, 2.24) is 10.3 Å². The van der Waals surface area contributed by atoms with Gasteiger partial charge in [-0.05, 0) is 45.7 Å². The molecule has 1 aliphatic carbocycles. The highest BCUT2D eigenvalue weighted by Crippen LogP contribution is 2.22. The Labute approximate surface area is 121 Å². The van der Waals surface area contributed by atoms with Crippen LogP contribution in [0.5, 0.6) is 5.75 Å². The summed E-state index contributed by atoms with van der Waals surface area (Å²) in [6.07, 6.45) is 3.42. The second-order valence-corrected chi connectivity index (χ2v) is 6.11. The first kappa shape index (κ1) is 15.3. The molecule has 0 saturated heterocycles. The van der Waals surface area contributed by atoms with Crippen LogP contribution in [0.2, 0.25) is 0 Å². The molecule has 1 saturated carbocycles. The first-order valence-electron chi connectivity index (χ1n) is 7.38. The van der Waals surface area contributed by atoms with Gasteiger partial charge in [-0.3, -0.25) is 4.98 Å². The summed E-state index contributed by atoms with van der Waals surface area (Å²) >= 11 is 0. The number of ether oxygens (including phenoxy) is 2. The summed E-state index contributed by atoms with van der Waals surface area (Å²) in [5.41, 5.74) is 1.89. The smallest absolute Gasteiger partial charge is 0.142 e. The van der Waals surface area contributed by atoms with Gasteiger partial charge in [0.1, 0.15) is 5.75 Å². The number of hydrogen-bond acceptors (Lipinski definition) is 4. The minimum absolute atomic E-state index is 0.148. The predicted molar refractivity (Wildman–Crippen MR) is 80.0 cm³/mol. The summed E-state index contributed by atoms with van der Waals surface area (Å²) in [5.74, 6) is 0.885. The van der Waals surface area contributed by atoms with Gasteiger partial charge in [-0.25, -0.2) is 0 Å². The highest BCUT2D eigenvalue weighted by Gasteiger charge is 2.21. The molecule has 1 aliphatic rings. The van der Waals surface area contributed by atoms with E-state index in [2.05, 4.69) is 24.1 Å². The van der Waals surface area contributed by atoms with Crippen molar-refractivity contribution in [3.63, 3.8) is 0 Å². The topological polar surface area (TPSA) is 43.4 Å². The van der Waals surface area contributed by atoms with Crippen molar-refractivity contribution < 1.29 is 9.47 Å². The highest BCUT2D eigenvalue weighted by molar-refractivity contribution is 5.29. The average Bonchev–Trinajstić information content (AvgIpc) is 3.22. The summed E-state index contributed by atoms with van der Waals surface area (Å²) in [6, 6.07) is 4.70. The fourth-order valence-corrected chi connectivity index (χ4v) is 1.89. The Kier molecular flexibility index (Phi) is 5.00. The maximum absolute atomic E-state index is 5.90. The van der Waals surface area contributed by atoms with Gasteiger partial charge in [0, 0.05) is 31.8 Å². The summed E-state index contributed by atoms with van der Waals surface area (Å²) in [4.78, 5) is 4.59. The van der Waals surface area contributed by atoms with E-state index in [4.69, 9.17) is 9.47 Å². The number of rotatable bonds is 8. The molecule has 20 heavy (non-hydrogen) atoms. The lowest BCUT2D eigenvalue weighted by atomic mass is 10.1. The van der Waals surface area contributed by atoms with Gasteiger partial charge in [0.2, 0.25) is 0 Å². The van der Waals surface area contributed by atoms with Crippen molar-refractivity contribution in [2.75, 3.05) is 13.7 Å². The number of nitrogens with one attached hydrogen (secondary N) is 1. The third-order valence-corrected chi connectivity index (χ3v) is 3.72. The van der Waals surface area contributed by atoms with Crippen molar-refractivity contribution in [1.29, 1.82) is 0 Å². The third-order valence-electron chi connectivity index (χ3n) is 3.72. The molecule has 2 rings (SSSR count). The van der Waals surface area contributed by atoms with E-state index in [1.807, 2.05) is 19.1 Å². The quantitative estimate of drug-likeness (QED) is 0.794. The largest absolute Gasteiger partial charge is 0.492 e. The van der Waals surface area contributed by atoms with Crippen LogP contribution in [0.3, 0.4) is 0 Å². The average molecular weight is 278 g/mol. The van der Waals surface area contributed by atoms with E-state index in [9.17, 15) is 0 Å². The Morgan fingerprint density at radius 3 is 2.75 bits per heavy atom. The zero-order valence-electron chi connectivity index (χ0n) is 13.0. The van der Waals surface area contributed by atoms with Gasteiger partial charge >= 0.3 is 0 Å². The molecule has 0 unspecified atom stereocenters.